The zero-order chi connectivity index (χ0) is 17.1. The molecular formula is C18H31ClN2O3. The number of unbranched alkanes of at least 4 members (excludes halogenated alkanes) is 6. The van der Waals surface area contributed by atoms with Crippen LogP contribution in [-0.2, 0) is 14.3 Å². The van der Waals surface area contributed by atoms with Crippen LogP contribution in [0.1, 0.15) is 65.2 Å². The summed E-state index contributed by atoms with van der Waals surface area (Å²) in [5.74, 6) is -0.629. The molecular weight excluding hydrogens is 328 g/mol. The molecule has 5 nitrogen and oxygen atoms in total. The van der Waals surface area contributed by atoms with E-state index in [0.717, 1.165) is 12.8 Å². The van der Waals surface area contributed by atoms with E-state index < -0.39 is 12.1 Å². The Balaban J connectivity index is 0.00000529. The summed E-state index contributed by atoms with van der Waals surface area (Å²) in [6.45, 7) is 4.38. The van der Waals surface area contributed by atoms with E-state index in [0.29, 0.717) is 18.5 Å². The number of carbonyl (C=O) groups excluding carboxylic acids is 2. The molecule has 1 rings (SSSR count). The number of amides is 1. The van der Waals surface area contributed by atoms with Gasteiger partial charge in [-0.15, -0.1) is 12.4 Å². The highest BCUT2D eigenvalue weighted by Gasteiger charge is 2.19. The Morgan fingerprint density at radius 1 is 1.21 bits per heavy atom. The third kappa shape index (κ3) is 8.96. The van der Waals surface area contributed by atoms with Crippen LogP contribution in [0, 0.1) is 0 Å². The number of hydrogen-bond donors (Lipinski definition) is 1. The number of nitrogens with two attached hydrogens (primary N) is 1. The summed E-state index contributed by atoms with van der Waals surface area (Å²) in [4.78, 5) is 24.9. The average Bonchev–Trinajstić information content (AvgIpc) is 2.54. The molecule has 0 saturated carbocycles. The Hall–Kier alpha value is -1.49. The van der Waals surface area contributed by atoms with Gasteiger partial charge in [-0.3, -0.25) is 9.59 Å². The Morgan fingerprint density at radius 3 is 2.46 bits per heavy atom. The number of rotatable bonds is 11. The second-order valence-corrected chi connectivity index (χ2v) is 6.03. The minimum Gasteiger partial charge on any atom is -0.442 e. The highest BCUT2D eigenvalue weighted by Crippen LogP contribution is 2.13. The first-order chi connectivity index (χ1) is 11.0. The summed E-state index contributed by atoms with van der Waals surface area (Å²) in [5.41, 5.74) is 5.80. The molecule has 0 aromatic carbocycles. The van der Waals surface area contributed by atoms with Gasteiger partial charge in [-0.2, -0.15) is 0 Å². The minimum absolute atomic E-state index is 0. The van der Waals surface area contributed by atoms with Crippen molar-refractivity contribution in [1.82, 2.24) is 4.90 Å². The number of primary amides is 1. The monoisotopic (exact) mass is 358 g/mol. The van der Waals surface area contributed by atoms with Gasteiger partial charge in [-0.1, -0.05) is 51.5 Å². The molecule has 24 heavy (non-hydrogen) atoms. The van der Waals surface area contributed by atoms with Gasteiger partial charge < -0.3 is 15.4 Å². The molecule has 1 amide bonds. The maximum absolute atomic E-state index is 11.9. The predicted molar refractivity (Wildman–Crippen MR) is 98.5 cm³/mol. The zero-order valence-electron chi connectivity index (χ0n) is 14.8. The second kappa shape index (κ2) is 12.9. The first-order valence-corrected chi connectivity index (χ1v) is 8.67. The molecule has 0 spiro atoms. The number of nitrogens with zero attached hydrogens (tertiary/aromatic N) is 1. The van der Waals surface area contributed by atoms with E-state index in [-0.39, 0.29) is 18.4 Å². The van der Waals surface area contributed by atoms with Crippen molar-refractivity contribution >= 4 is 24.3 Å². The first-order valence-electron chi connectivity index (χ1n) is 8.67. The van der Waals surface area contributed by atoms with E-state index in [2.05, 4.69) is 6.92 Å². The van der Waals surface area contributed by atoms with Crippen molar-refractivity contribution in [2.24, 2.45) is 5.73 Å². The Kier molecular flexibility index (Phi) is 12.1. The van der Waals surface area contributed by atoms with E-state index in [9.17, 15) is 9.59 Å². The largest absolute Gasteiger partial charge is 0.442 e. The van der Waals surface area contributed by atoms with Crippen molar-refractivity contribution in [3.05, 3.63) is 23.9 Å². The number of halogens is 1. The van der Waals surface area contributed by atoms with Crippen molar-refractivity contribution in [3.63, 3.8) is 0 Å². The molecule has 0 aromatic heterocycles. The van der Waals surface area contributed by atoms with E-state index in [1.54, 1.807) is 30.2 Å². The fraction of sp³-hybridized carbons (Fsp3) is 0.667. The van der Waals surface area contributed by atoms with Crippen LogP contribution in [0.3, 0.4) is 0 Å². The van der Waals surface area contributed by atoms with E-state index in [1.807, 2.05) is 0 Å². The van der Waals surface area contributed by atoms with E-state index in [1.165, 1.54) is 32.1 Å². The van der Waals surface area contributed by atoms with E-state index in [4.69, 9.17) is 10.5 Å². The van der Waals surface area contributed by atoms with Gasteiger partial charge >= 0.3 is 5.97 Å². The molecule has 138 valence electrons. The lowest BCUT2D eigenvalue weighted by Gasteiger charge is -2.29. The van der Waals surface area contributed by atoms with Crippen LogP contribution in [0.5, 0.6) is 0 Å². The zero-order valence-corrected chi connectivity index (χ0v) is 15.6. The van der Waals surface area contributed by atoms with Crippen molar-refractivity contribution in [3.8, 4) is 0 Å². The number of ether oxygens (including phenoxy) is 1. The summed E-state index contributed by atoms with van der Waals surface area (Å²) >= 11 is 0. The van der Waals surface area contributed by atoms with Gasteiger partial charge in [0.05, 0.1) is 6.54 Å². The molecule has 1 unspecified atom stereocenters. The van der Waals surface area contributed by atoms with Gasteiger partial charge in [0.15, 0.2) is 6.23 Å². The smallest absolute Gasteiger partial charge is 0.307 e. The molecule has 0 bridgehead atoms. The lowest BCUT2D eigenvalue weighted by Crippen LogP contribution is -2.37. The number of hydrogen-bond acceptors (Lipinski definition) is 4. The fourth-order valence-corrected chi connectivity index (χ4v) is 2.52. The topological polar surface area (TPSA) is 72.6 Å². The van der Waals surface area contributed by atoms with Crippen LogP contribution in [0.4, 0.5) is 0 Å². The maximum atomic E-state index is 11.9. The molecule has 0 aromatic rings. The molecule has 0 radical (unpaired) electrons. The third-order valence-corrected chi connectivity index (χ3v) is 4.00. The van der Waals surface area contributed by atoms with Crippen LogP contribution in [-0.4, -0.2) is 29.5 Å². The molecule has 0 aliphatic carbocycles. The molecule has 6 heteroatoms. The molecule has 0 saturated heterocycles. The van der Waals surface area contributed by atoms with Crippen LogP contribution in [0.25, 0.3) is 0 Å². The Bertz CT molecular complexity index is 450. The van der Waals surface area contributed by atoms with Crippen molar-refractivity contribution < 1.29 is 14.3 Å². The van der Waals surface area contributed by atoms with Gasteiger partial charge in [0.2, 0.25) is 5.91 Å². The van der Waals surface area contributed by atoms with Gasteiger partial charge in [0, 0.05) is 18.2 Å². The summed E-state index contributed by atoms with van der Waals surface area (Å²) in [6, 6.07) is 0. The van der Waals surface area contributed by atoms with Gasteiger partial charge in [-0.25, -0.2) is 0 Å². The van der Waals surface area contributed by atoms with Crippen LogP contribution in [0.2, 0.25) is 0 Å². The van der Waals surface area contributed by atoms with Gasteiger partial charge in [0.1, 0.15) is 0 Å². The normalized spacial score (nSPS) is 14.6. The van der Waals surface area contributed by atoms with Crippen molar-refractivity contribution in [1.29, 1.82) is 0 Å². The molecule has 1 heterocycles. The highest BCUT2D eigenvalue weighted by atomic mass is 35.5. The van der Waals surface area contributed by atoms with Crippen LogP contribution in [0.15, 0.2) is 23.9 Å². The van der Waals surface area contributed by atoms with Gasteiger partial charge in [-0.05, 0) is 19.4 Å². The molecule has 0 fully saturated rings. The summed E-state index contributed by atoms with van der Waals surface area (Å²) in [7, 11) is 0. The average molecular weight is 359 g/mol. The number of esters is 1. The summed E-state index contributed by atoms with van der Waals surface area (Å²) < 4.78 is 5.42. The van der Waals surface area contributed by atoms with E-state index >= 15 is 0 Å². The highest BCUT2D eigenvalue weighted by molar-refractivity contribution is 5.92. The fourth-order valence-electron chi connectivity index (χ4n) is 2.52. The maximum Gasteiger partial charge on any atom is 0.307 e. The molecule has 2 N–H and O–H groups in total. The molecule has 1 aliphatic heterocycles. The van der Waals surface area contributed by atoms with Gasteiger partial charge in [0.25, 0.3) is 0 Å². The van der Waals surface area contributed by atoms with Crippen LogP contribution >= 0.6 is 12.4 Å². The second-order valence-electron chi connectivity index (χ2n) is 6.03. The van der Waals surface area contributed by atoms with Crippen LogP contribution < -0.4 is 5.73 Å². The minimum atomic E-state index is -0.444. The third-order valence-electron chi connectivity index (χ3n) is 4.00. The molecule has 1 atom stereocenters. The Labute approximate surface area is 151 Å². The standard InChI is InChI=1S/C18H30N2O3.ClH/c1-3-4-5-6-7-8-9-12-17(21)23-15(2)20-13-10-11-16(14-20)18(19)22;/h10-11,13,15H,3-9,12,14H2,1-2H3,(H2,19,22);1H. The molecule has 1 aliphatic rings. The lowest BCUT2D eigenvalue weighted by atomic mass is 10.1. The summed E-state index contributed by atoms with van der Waals surface area (Å²) in [5, 5.41) is 0. The summed E-state index contributed by atoms with van der Waals surface area (Å²) in [6.07, 6.45) is 13.5. The number of carbonyl (C=O) groups is 2. The Morgan fingerprint density at radius 2 is 1.83 bits per heavy atom. The van der Waals surface area contributed by atoms with Crippen molar-refractivity contribution in [2.75, 3.05) is 6.54 Å². The SMILES string of the molecule is CCCCCCCCCC(=O)OC(C)N1C=CC=C(C(N)=O)C1.Cl. The van der Waals surface area contributed by atoms with Crippen molar-refractivity contribution in [2.45, 2.75) is 71.4 Å². The lowest BCUT2D eigenvalue weighted by molar-refractivity contribution is -0.155. The predicted octanol–water partition coefficient (Wildman–Crippen LogP) is 3.68. The first kappa shape index (κ1) is 22.5. The number of allylic oxidation sites excluding steroid dienone is 2. The quantitative estimate of drug-likeness (QED) is 0.451.